The molecule has 0 saturated heterocycles. The number of benzene rings is 3. The van der Waals surface area contributed by atoms with Crippen LogP contribution in [-0.2, 0) is 12.8 Å². The maximum absolute atomic E-state index is 12.9. The summed E-state index contributed by atoms with van der Waals surface area (Å²) in [6, 6.07) is 26.0. The number of amides is 1. The van der Waals surface area contributed by atoms with E-state index in [9.17, 15) is 19.1 Å². The number of pyridine rings is 2. The molecule has 0 fully saturated rings. The summed E-state index contributed by atoms with van der Waals surface area (Å²) in [5, 5.41) is 12.2. The molecule has 11 nitrogen and oxygen atoms in total. The number of carbonyl (C=O) groups is 2. The van der Waals surface area contributed by atoms with Crippen LogP contribution in [0.1, 0.15) is 51.3 Å². The van der Waals surface area contributed by atoms with Gasteiger partial charge in [-0.2, -0.15) is 0 Å². The van der Waals surface area contributed by atoms with Gasteiger partial charge in [0.05, 0.1) is 68.3 Å². The molecule has 2 aromatic heterocycles. The lowest BCUT2D eigenvalue weighted by Gasteiger charge is -2.10. The number of aromatic nitrogens is 2. The number of fused-ring (bicyclic) bond motifs is 2. The molecule has 12 heteroatoms. The zero-order chi connectivity index (χ0) is 41.6. The number of nitrogen functional groups attached to an aromatic ring is 1. The number of ether oxygens (including phenoxy) is 2. The third-order valence-electron chi connectivity index (χ3n) is 8.91. The average molecular weight is 767 g/mol. The Morgan fingerprint density at radius 1 is 0.842 bits per heavy atom. The molecule has 57 heavy (non-hydrogen) atoms. The van der Waals surface area contributed by atoms with Gasteiger partial charge in [-0.1, -0.05) is 36.4 Å². The quantitative estimate of drug-likeness (QED) is 0.139. The molecule has 3 aromatic carbocycles. The highest BCUT2D eigenvalue weighted by Crippen LogP contribution is 2.38. The van der Waals surface area contributed by atoms with Gasteiger partial charge in [0, 0.05) is 38.2 Å². The fourth-order valence-electron chi connectivity index (χ4n) is 6.19. The number of rotatable bonds is 7. The zero-order valence-corrected chi connectivity index (χ0v) is 31.9. The van der Waals surface area contributed by atoms with Crippen molar-refractivity contribution in [1.82, 2.24) is 9.97 Å². The summed E-state index contributed by atoms with van der Waals surface area (Å²) in [6.45, 7) is 4.06. The molecular weight excluding hydrogens is 724 g/mol. The number of allylic oxidation sites excluding steroid dienone is 6. The second kappa shape index (κ2) is 19.3. The molecule has 1 aliphatic carbocycles. The average Bonchev–Trinajstić information content (AvgIpc) is 3.86. The van der Waals surface area contributed by atoms with Crippen molar-refractivity contribution in [3.05, 3.63) is 166 Å². The van der Waals surface area contributed by atoms with Crippen LogP contribution >= 0.6 is 0 Å². The van der Waals surface area contributed by atoms with E-state index in [0.717, 1.165) is 44.8 Å². The van der Waals surface area contributed by atoms with Crippen molar-refractivity contribution in [3.63, 3.8) is 0 Å². The molecule has 4 heterocycles. The van der Waals surface area contributed by atoms with Crippen LogP contribution in [0.15, 0.2) is 137 Å². The van der Waals surface area contributed by atoms with E-state index in [0.29, 0.717) is 52.9 Å². The Morgan fingerprint density at radius 2 is 1.44 bits per heavy atom. The van der Waals surface area contributed by atoms with Crippen molar-refractivity contribution in [1.29, 1.82) is 0 Å². The third kappa shape index (κ3) is 10.1. The molecule has 0 saturated carbocycles. The smallest absolute Gasteiger partial charge is 0.338 e. The van der Waals surface area contributed by atoms with E-state index >= 15 is 0 Å². The molecular formula is C45H42FN6O5+. The second-order valence-electron chi connectivity index (χ2n) is 12.6. The third-order valence-corrected chi connectivity index (χ3v) is 8.91. The first-order valence-corrected chi connectivity index (χ1v) is 17.6. The molecule has 2 aliphatic heterocycles. The number of hydrogen-bond donors (Lipinski definition) is 3. The summed E-state index contributed by atoms with van der Waals surface area (Å²) in [4.78, 5) is 41.5. The SMILES string of the molecule is COc1cc2c(c(C(=O)Nc3ccccn3)c1)N=C(c1ccccc1C)C2.COc1cc2c(c(C(=O)O)c1)N=C(C1=C(C)C=[C+]C=C1)C2.Nc1ccccn1.[2H]CF. The van der Waals surface area contributed by atoms with Gasteiger partial charge in [0.25, 0.3) is 5.91 Å². The number of anilines is 2. The zero-order valence-electron chi connectivity index (χ0n) is 32.9. The first-order valence-electron chi connectivity index (χ1n) is 18.3. The lowest BCUT2D eigenvalue weighted by atomic mass is 9.96. The minimum atomic E-state index is -1.00. The van der Waals surface area contributed by atoms with Gasteiger partial charge < -0.3 is 25.6 Å². The molecule has 0 spiro atoms. The van der Waals surface area contributed by atoms with Crippen LogP contribution < -0.4 is 20.5 Å². The van der Waals surface area contributed by atoms with Crippen LogP contribution in [0.2, 0.25) is 0 Å². The number of aromatic carboxylic acids is 1. The highest BCUT2D eigenvalue weighted by molar-refractivity contribution is 6.14. The number of nitrogens with zero attached hydrogens (tertiary/aromatic N) is 4. The Labute approximate surface area is 332 Å². The monoisotopic (exact) mass is 766 g/mol. The Balaban J connectivity index is 0.000000182. The lowest BCUT2D eigenvalue weighted by Crippen LogP contribution is -2.13. The van der Waals surface area contributed by atoms with E-state index < -0.39 is 13.1 Å². The molecule has 0 bridgehead atoms. The summed E-state index contributed by atoms with van der Waals surface area (Å²) in [5.41, 5.74) is 15.2. The van der Waals surface area contributed by atoms with Gasteiger partial charge in [-0.15, -0.1) is 0 Å². The number of carbonyl (C=O) groups excluding carboxylic acids is 1. The first-order chi connectivity index (χ1) is 28.1. The molecule has 8 rings (SSSR count). The van der Waals surface area contributed by atoms with Crippen molar-refractivity contribution in [2.24, 2.45) is 9.98 Å². The van der Waals surface area contributed by atoms with Gasteiger partial charge in [0.1, 0.15) is 40.9 Å². The molecule has 4 N–H and O–H groups in total. The minimum Gasteiger partial charge on any atom is -0.497 e. The van der Waals surface area contributed by atoms with E-state index in [1.165, 1.54) is 13.2 Å². The summed E-state index contributed by atoms with van der Waals surface area (Å²) < 4.78 is 26.1. The number of aliphatic imine (C=N–C) groups is 2. The summed E-state index contributed by atoms with van der Waals surface area (Å²) in [7, 11) is 2.13. The largest absolute Gasteiger partial charge is 0.497 e. The van der Waals surface area contributed by atoms with Crippen molar-refractivity contribution < 1.29 is 29.9 Å². The maximum atomic E-state index is 12.9. The van der Waals surface area contributed by atoms with Crippen molar-refractivity contribution in [3.8, 4) is 11.5 Å². The number of alkyl halides is 1. The molecule has 5 aromatic rings. The topological polar surface area (TPSA) is 161 Å². The van der Waals surface area contributed by atoms with E-state index in [-0.39, 0.29) is 11.5 Å². The number of carboxylic acids is 1. The van der Waals surface area contributed by atoms with Crippen molar-refractivity contribution in [2.45, 2.75) is 26.7 Å². The minimum absolute atomic E-state index is 0.180. The molecule has 1 amide bonds. The summed E-state index contributed by atoms with van der Waals surface area (Å²) >= 11 is 0. The molecule has 288 valence electrons. The van der Waals surface area contributed by atoms with E-state index in [4.69, 9.17) is 21.6 Å². The fourth-order valence-corrected chi connectivity index (χ4v) is 6.19. The lowest BCUT2D eigenvalue weighted by molar-refractivity contribution is 0.0697. The van der Waals surface area contributed by atoms with Gasteiger partial charge in [0.15, 0.2) is 0 Å². The predicted octanol–water partition coefficient (Wildman–Crippen LogP) is 8.85. The Morgan fingerprint density at radius 3 is 2.00 bits per heavy atom. The molecule has 0 radical (unpaired) electrons. The van der Waals surface area contributed by atoms with E-state index in [1.807, 2.05) is 67.6 Å². The number of nitrogens with one attached hydrogen (secondary N) is 1. The van der Waals surface area contributed by atoms with Gasteiger partial charge in [-0.25, -0.2) is 19.8 Å². The predicted molar refractivity (Wildman–Crippen MR) is 222 cm³/mol. The van der Waals surface area contributed by atoms with Crippen molar-refractivity contribution in [2.75, 3.05) is 32.4 Å². The number of nitrogens with two attached hydrogens (primary N) is 1. The summed E-state index contributed by atoms with van der Waals surface area (Å²) in [6.07, 6.45) is 13.3. The van der Waals surface area contributed by atoms with E-state index in [1.54, 1.807) is 43.8 Å². The number of hydrogen-bond acceptors (Lipinski definition) is 9. The van der Waals surface area contributed by atoms with Crippen molar-refractivity contribution >= 4 is 46.3 Å². The molecule has 0 unspecified atom stereocenters. The normalized spacial score (nSPS) is 13.0. The van der Waals surface area contributed by atoms with E-state index in [2.05, 4.69) is 45.4 Å². The number of carboxylic acid groups (broad SMARTS) is 1. The van der Waals surface area contributed by atoms with Gasteiger partial charge in [-0.05, 0) is 77.7 Å². The highest BCUT2D eigenvalue weighted by Gasteiger charge is 2.27. The number of halogens is 1. The second-order valence-corrected chi connectivity index (χ2v) is 12.6. The molecule has 3 aliphatic rings. The highest BCUT2D eigenvalue weighted by atomic mass is 19.1. The van der Waals surface area contributed by atoms with Crippen LogP contribution in [0.3, 0.4) is 0 Å². The standard InChI is InChI=1S/C22H19N3O2.C17H13NO3.C5H6N2.CH3F/c1-14-7-3-4-8-17(14)19-12-15-11-16(27-2)13-18(21(15)24-19)22(26)25-20-9-5-6-10-23-20;1-10-5-3-4-6-13(10)15-8-11-7-12(21-2)9-14(17(19)20)16(11)18-15;6-5-3-1-2-4-7-5;1-2/h3-11,13H,12H2,1-2H3,(H,23,25,26);4-7,9H,8H2,1-2H3;1-4H,(H2,6,7);1H3/p+1/i;;;1D. The summed E-state index contributed by atoms with van der Waals surface area (Å²) in [5.74, 6) is 1.01. The van der Waals surface area contributed by atoms with Crippen LogP contribution in [0.25, 0.3) is 0 Å². The van der Waals surface area contributed by atoms with Crippen LogP contribution in [0.4, 0.5) is 27.4 Å². The Hall–Kier alpha value is -7.30. The molecule has 0 atom stereocenters. The van der Waals surface area contributed by atoms with Crippen LogP contribution in [0.5, 0.6) is 11.5 Å². The number of methoxy groups -OCH3 is 2. The van der Waals surface area contributed by atoms with Gasteiger partial charge in [0.2, 0.25) is 0 Å². The number of aryl methyl sites for hydroxylation is 1. The van der Waals surface area contributed by atoms with Gasteiger partial charge in [-0.3, -0.25) is 14.2 Å². The van der Waals surface area contributed by atoms with Crippen LogP contribution in [0, 0.1) is 13.0 Å². The first kappa shape index (κ1) is 39.4. The Bertz CT molecular complexity index is 2430. The Kier molecular flexibility index (Phi) is 13.4. The maximum Gasteiger partial charge on any atom is 0.338 e. The van der Waals surface area contributed by atoms with Gasteiger partial charge >= 0.3 is 5.97 Å². The van der Waals surface area contributed by atoms with Crippen LogP contribution in [-0.4, -0.2) is 59.7 Å². The fraction of sp³-hybridized carbons (Fsp3) is 0.156.